The van der Waals surface area contributed by atoms with Crippen LogP contribution in [-0.2, 0) is 0 Å². The molecule has 2 nitrogen and oxygen atoms in total. The summed E-state index contributed by atoms with van der Waals surface area (Å²) in [4.78, 5) is 5.59. The molecule has 0 spiro atoms. The van der Waals surface area contributed by atoms with Crippen LogP contribution in [0.3, 0.4) is 0 Å². The minimum atomic E-state index is 0.467. The average molecular weight is 307 g/mol. The monoisotopic (exact) mass is 306 g/mol. The molecule has 3 rings (SSSR count). The van der Waals surface area contributed by atoms with Gasteiger partial charge in [0.1, 0.15) is 0 Å². The van der Waals surface area contributed by atoms with Crippen molar-refractivity contribution in [3.05, 3.63) is 0 Å². The van der Waals surface area contributed by atoms with Gasteiger partial charge in [0.05, 0.1) is 0 Å². The SMILES string of the molecule is CC(C)[C@H]1CCN(C2(C)CCC2(C)[C@@H]2CCN(C(C)C)C2)C1. The van der Waals surface area contributed by atoms with E-state index in [0.717, 1.165) is 23.8 Å². The quantitative estimate of drug-likeness (QED) is 0.766. The Hall–Kier alpha value is -0.0800. The number of nitrogens with zero attached hydrogens (tertiary/aromatic N) is 2. The van der Waals surface area contributed by atoms with E-state index in [2.05, 4.69) is 51.3 Å². The molecule has 2 heteroatoms. The molecule has 128 valence electrons. The molecule has 22 heavy (non-hydrogen) atoms. The Morgan fingerprint density at radius 3 is 2.09 bits per heavy atom. The summed E-state index contributed by atoms with van der Waals surface area (Å²) in [5.74, 6) is 2.69. The third-order valence-corrected chi connectivity index (χ3v) is 8.08. The van der Waals surface area contributed by atoms with Crippen molar-refractivity contribution in [2.45, 2.75) is 78.8 Å². The fourth-order valence-corrected chi connectivity index (χ4v) is 5.60. The van der Waals surface area contributed by atoms with Crippen molar-refractivity contribution in [2.24, 2.45) is 23.2 Å². The van der Waals surface area contributed by atoms with Gasteiger partial charge in [-0.1, -0.05) is 20.8 Å². The molecule has 0 aromatic carbocycles. The number of hydrogen-bond acceptors (Lipinski definition) is 2. The summed E-state index contributed by atoms with van der Waals surface area (Å²) in [6, 6.07) is 0.719. The van der Waals surface area contributed by atoms with E-state index in [1.54, 1.807) is 0 Å². The van der Waals surface area contributed by atoms with Gasteiger partial charge in [0.2, 0.25) is 0 Å². The molecule has 0 aromatic rings. The number of rotatable bonds is 4. The Labute approximate surface area is 138 Å². The standard InChI is InChI=1S/C20H38N2/c1-15(2)17-7-12-22(13-17)20(6)10-9-19(20,5)18-8-11-21(14-18)16(3)4/h15-18H,7-14H2,1-6H3/t17-,18+,19?,20?/m0/s1. The van der Waals surface area contributed by atoms with E-state index < -0.39 is 0 Å². The van der Waals surface area contributed by atoms with Gasteiger partial charge in [0, 0.05) is 24.7 Å². The predicted molar refractivity (Wildman–Crippen MR) is 95.1 cm³/mol. The lowest BCUT2D eigenvalue weighted by atomic mass is 9.50. The normalized spacial score (nSPS) is 44.2. The molecular formula is C20H38N2. The summed E-state index contributed by atoms with van der Waals surface area (Å²) in [5.41, 5.74) is 1.01. The first-order chi connectivity index (χ1) is 10.3. The van der Waals surface area contributed by atoms with Crippen LogP contribution in [0.15, 0.2) is 0 Å². The van der Waals surface area contributed by atoms with Gasteiger partial charge in [0.15, 0.2) is 0 Å². The van der Waals surface area contributed by atoms with Gasteiger partial charge in [-0.3, -0.25) is 4.90 Å². The summed E-state index contributed by atoms with van der Waals surface area (Å²) in [7, 11) is 0. The lowest BCUT2D eigenvalue weighted by Crippen LogP contribution is -2.66. The highest BCUT2D eigenvalue weighted by Gasteiger charge is 2.60. The minimum absolute atomic E-state index is 0.467. The highest BCUT2D eigenvalue weighted by Crippen LogP contribution is 2.60. The van der Waals surface area contributed by atoms with Crippen LogP contribution in [0.1, 0.15) is 67.2 Å². The molecular weight excluding hydrogens is 268 g/mol. The summed E-state index contributed by atoms with van der Waals surface area (Å²) in [6.07, 6.45) is 5.72. The third kappa shape index (κ3) is 2.45. The molecule has 2 saturated heterocycles. The van der Waals surface area contributed by atoms with Gasteiger partial charge < -0.3 is 4.90 Å². The van der Waals surface area contributed by atoms with Crippen molar-refractivity contribution < 1.29 is 0 Å². The molecule has 2 aliphatic heterocycles. The van der Waals surface area contributed by atoms with Crippen LogP contribution < -0.4 is 0 Å². The van der Waals surface area contributed by atoms with Crippen molar-refractivity contribution in [2.75, 3.05) is 26.2 Å². The fourth-order valence-electron chi connectivity index (χ4n) is 5.60. The van der Waals surface area contributed by atoms with E-state index in [-0.39, 0.29) is 0 Å². The van der Waals surface area contributed by atoms with Crippen LogP contribution in [-0.4, -0.2) is 47.6 Å². The number of hydrogen-bond donors (Lipinski definition) is 0. The summed E-state index contributed by atoms with van der Waals surface area (Å²) >= 11 is 0. The lowest BCUT2D eigenvalue weighted by molar-refractivity contribution is -0.124. The van der Waals surface area contributed by atoms with Crippen LogP contribution in [0, 0.1) is 23.2 Å². The Bertz CT molecular complexity index is 367. The van der Waals surface area contributed by atoms with Gasteiger partial charge in [-0.25, -0.2) is 0 Å². The Morgan fingerprint density at radius 1 is 0.909 bits per heavy atom. The largest absolute Gasteiger partial charge is 0.301 e. The molecule has 0 radical (unpaired) electrons. The fraction of sp³-hybridized carbons (Fsp3) is 1.00. The van der Waals surface area contributed by atoms with Crippen LogP contribution in [0.4, 0.5) is 0 Å². The maximum atomic E-state index is 2.89. The van der Waals surface area contributed by atoms with Crippen molar-refractivity contribution in [3.8, 4) is 0 Å². The highest BCUT2D eigenvalue weighted by atomic mass is 15.3. The second kappa shape index (κ2) is 5.77. The van der Waals surface area contributed by atoms with Gasteiger partial charge in [0.25, 0.3) is 0 Å². The van der Waals surface area contributed by atoms with E-state index in [1.165, 1.54) is 51.9 Å². The summed E-state index contributed by atoms with van der Waals surface area (Å²) < 4.78 is 0. The van der Waals surface area contributed by atoms with Crippen molar-refractivity contribution >= 4 is 0 Å². The molecule has 0 aromatic heterocycles. The van der Waals surface area contributed by atoms with Gasteiger partial charge in [-0.05, 0) is 82.7 Å². The van der Waals surface area contributed by atoms with E-state index in [4.69, 9.17) is 0 Å². The predicted octanol–water partition coefficient (Wildman–Crippen LogP) is 4.25. The molecule has 0 amide bonds. The maximum Gasteiger partial charge on any atom is 0.0238 e. The zero-order valence-corrected chi connectivity index (χ0v) is 15.9. The van der Waals surface area contributed by atoms with Crippen LogP contribution in [0.5, 0.6) is 0 Å². The first-order valence-corrected chi connectivity index (χ1v) is 9.77. The zero-order chi connectivity index (χ0) is 16.1. The minimum Gasteiger partial charge on any atom is -0.301 e. The van der Waals surface area contributed by atoms with Gasteiger partial charge in [-0.2, -0.15) is 0 Å². The summed E-state index contributed by atoms with van der Waals surface area (Å²) in [5, 5.41) is 0. The first-order valence-electron chi connectivity index (χ1n) is 9.77. The van der Waals surface area contributed by atoms with E-state index in [1.807, 2.05) is 0 Å². The maximum absolute atomic E-state index is 2.89. The Morgan fingerprint density at radius 2 is 1.64 bits per heavy atom. The van der Waals surface area contributed by atoms with Crippen LogP contribution >= 0.6 is 0 Å². The van der Waals surface area contributed by atoms with Gasteiger partial charge in [-0.15, -0.1) is 0 Å². The van der Waals surface area contributed by atoms with Crippen molar-refractivity contribution in [3.63, 3.8) is 0 Å². The number of likely N-dealkylation sites (tertiary alicyclic amines) is 2. The first kappa shape index (κ1) is 16.8. The highest BCUT2D eigenvalue weighted by molar-refractivity contribution is 5.14. The summed E-state index contributed by atoms with van der Waals surface area (Å²) in [6.45, 7) is 20.1. The molecule has 2 heterocycles. The average Bonchev–Trinajstić information content (AvgIpc) is 3.13. The molecule has 1 saturated carbocycles. The second-order valence-corrected chi connectivity index (χ2v) is 9.50. The smallest absolute Gasteiger partial charge is 0.0238 e. The van der Waals surface area contributed by atoms with Crippen molar-refractivity contribution in [1.29, 1.82) is 0 Å². The zero-order valence-electron chi connectivity index (χ0n) is 15.9. The van der Waals surface area contributed by atoms with Crippen LogP contribution in [0.2, 0.25) is 0 Å². The van der Waals surface area contributed by atoms with E-state index in [0.29, 0.717) is 11.0 Å². The topological polar surface area (TPSA) is 6.48 Å². The Kier molecular flexibility index (Phi) is 4.40. The molecule has 0 N–H and O–H groups in total. The second-order valence-electron chi connectivity index (χ2n) is 9.50. The molecule has 0 bridgehead atoms. The Balaban J connectivity index is 1.70. The third-order valence-electron chi connectivity index (χ3n) is 8.08. The van der Waals surface area contributed by atoms with Crippen molar-refractivity contribution in [1.82, 2.24) is 9.80 Å². The molecule has 3 fully saturated rings. The lowest BCUT2D eigenvalue weighted by Gasteiger charge is -2.63. The molecule has 3 aliphatic rings. The van der Waals surface area contributed by atoms with Crippen LogP contribution in [0.25, 0.3) is 0 Å². The van der Waals surface area contributed by atoms with E-state index >= 15 is 0 Å². The molecule has 2 unspecified atom stereocenters. The van der Waals surface area contributed by atoms with Gasteiger partial charge >= 0.3 is 0 Å². The molecule has 1 aliphatic carbocycles. The van der Waals surface area contributed by atoms with E-state index in [9.17, 15) is 0 Å². The molecule has 4 atom stereocenters.